The van der Waals surface area contributed by atoms with Gasteiger partial charge in [0, 0.05) is 39.5 Å². The molecule has 1 unspecified atom stereocenters. The number of anilines is 1. The van der Waals surface area contributed by atoms with E-state index >= 15 is 0 Å². The Morgan fingerprint density at radius 2 is 2.26 bits per heavy atom. The van der Waals surface area contributed by atoms with Crippen molar-refractivity contribution in [2.45, 2.75) is 6.42 Å². The lowest BCUT2D eigenvalue weighted by Crippen LogP contribution is -2.28. The number of aromatic nitrogens is 2. The Kier molecular flexibility index (Phi) is 3.64. The molecule has 1 fully saturated rings. The molecule has 1 N–H and O–H groups in total. The molecule has 0 aliphatic carbocycles. The van der Waals surface area contributed by atoms with E-state index in [9.17, 15) is 9.59 Å². The first-order valence-electron chi connectivity index (χ1n) is 5.99. The van der Waals surface area contributed by atoms with Gasteiger partial charge in [0.05, 0.1) is 0 Å². The predicted octanol–water partition coefficient (Wildman–Crippen LogP) is 0.0893. The van der Waals surface area contributed by atoms with E-state index in [1.807, 2.05) is 11.9 Å². The van der Waals surface area contributed by atoms with Gasteiger partial charge in [0.25, 0.3) is 0 Å². The normalized spacial score (nSPS) is 18.7. The summed E-state index contributed by atoms with van der Waals surface area (Å²) in [6.07, 6.45) is 0.543. The number of hydrogen-bond donors (Lipinski definition) is 1. The van der Waals surface area contributed by atoms with Crippen LogP contribution in [-0.4, -0.2) is 59.3 Å². The second-order valence-electron chi connectivity index (χ2n) is 4.81. The first-order valence-corrected chi connectivity index (χ1v) is 5.99. The summed E-state index contributed by atoms with van der Waals surface area (Å²) in [6, 6.07) is 3.05. The third kappa shape index (κ3) is 2.98. The van der Waals surface area contributed by atoms with Crippen LogP contribution in [0.15, 0.2) is 12.1 Å². The quantitative estimate of drug-likeness (QED) is 0.829. The molecular weight excluding hydrogens is 248 g/mol. The first-order chi connectivity index (χ1) is 8.97. The minimum atomic E-state index is -1.09. The monoisotopic (exact) mass is 264 g/mol. The molecule has 1 saturated heterocycles. The predicted molar refractivity (Wildman–Crippen MR) is 68.0 cm³/mol. The van der Waals surface area contributed by atoms with Crippen molar-refractivity contribution in [2.24, 2.45) is 5.92 Å². The van der Waals surface area contributed by atoms with E-state index in [4.69, 9.17) is 5.11 Å². The lowest BCUT2D eigenvalue weighted by molar-refractivity contribution is -0.126. The Morgan fingerprint density at radius 3 is 2.74 bits per heavy atom. The van der Waals surface area contributed by atoms with Gasteiger partial charge in [0.1, 0.15) is 0 Å². The summed E-state index contributed by atoms with van der Waals surface area (Å²) in [5, 5.41) is 16.3. The molecule has 2 heterocycles. The molecular formula is C12H16N4O3. The van der Waals surface area contributed by atoms with Crippen molar-refractivity contribution in [3.8, 4) is 0 Å². The Bertz CT molecular complexity index is 488. The minimum Gasteiger partial charge on any atom is -0.476 e. The van der Waals surface area contributed by atoms with Crippen molar-refractivity contribution in [3.63, 3.8) is 0 Å². The van der Waals surface area contributed by atoms with Gasteiger partial charge in [0.2, 0.25) is 5.91 Å². The number of carbonyl (C=O) groups is 2. The molecule has 7 heteroatoms. The average molecular weight is 264 g/mol. The number of carboxylic acids is 1. The smallest absolute Gasteiger partial charge is 0.356 e. The maximum absolute atomic E-state index is 11.4. The summed E-state index contributed by atoms with van der Waals surface area (Å²) in [5.41, 5.74) is -0.0760. The molecule has 7 nitrogen and oxygen atoms in total. The highest BCUT2D eigenvalue weighted by Gasteiger charge is 2.27. The Balaban J connectivity index is 1.98. The largest absolute Gasteiger partial charge is 0.476 e. The molecule has 1 amide bonds. The molecule has 0 spiro atoms. The molecule has 102 valence electrons. The zero-order valence-electron chi connectivity index (χ0n) is 10.9. The third-order valence-electron chi connectivity index (χ3n) is 3.21. The van der Waals surface area contributed by atoms with Crippen LogP contribution in [0.4, 0.5) is 5.82 Å². The summed E-state index contributed by atoms with van der Waals surface area (Å²) in [4.78, 5) is 25.7. The van der Waals surface area contributed by atoms with E-state index in [0.717, 1.165) is 6.54 Å². The van der Waals surface area contributed by atoms with Crippen LogP contribution in [0.5, 0.6) is 0 Å². The van der Waals surface area contributed by atoms with Crippen LogP contribution in [0.2, 0.25) is 0 Å². The molecule has 1 atom stereocenters. The van der Waals surface area contributed by atoms with Crippen LogP contribution < -0.4 is 4.90 Å². The van der Waals surface area contributed by atoms with Crippen molar-refractivity contribution in [1.82, 2.24) is 15.1 Å². The molecule has 0 bridgehead atoms. The molecule has 1 aromatic heterocycles. The van der Waals surface area contributed by atoms with Gasteiger partial charge >= 0.3 is 5.97 Å². The van der Waals surface area contributed by atoms with Crippen LogP contribution in [0.1, 0.15) is 16.9 Å². The van der Waals surface area contributed by atoms with Crippen LogP contribution >= 0.6 is 0 Å². The van der Waals surface area contributed by atoms with Crippen molar-refractivity contribution in [2.75, 3.05) is 32.1 Å². The molecule has 0 radical (unpaired) electrons. The highest BCUT2D eigenvalue weighted by molar-refractivity contribution is 5.85. The van der Waals surface area contributed by atoms with E-state index in [1.54, 1.807) is 18.0 Å². The number of amides is 1. The lowest BCUT2D eigenvalue weighted by atomic mass is 10.1. The fourth-order valence-corrected chi connectivity index (χ4v) is 2.20. The van der Waals surface area contributed by atoms with Gasteiger partial charge in [-0.05, 0) is 12.1 Å². The average Bonchev–Trinajstić information content (AvgIpc) is 2.68. The van der Waals surface area contributed by atoms with Crippen molar-refractivity contribution in [3.05, 3.63) is 17.8 Å². The fraction of sp³-hybridized carbons (Fsp3) is 0.500. The fourth-order valence-electron chi connectivity index (χ4n) is 2.20. The third-order valence-corrected chi connectivity index (χ3v) is 3.21. The summed E-state index contributed by atoms with van der Waals surface area (Å²) >= 11 is 0. The minimum absolute atomic E-state index is 0.0760. The molecule has 0 saturated carbocycles. The summed E-state index contributed by atoms with van der Waals surface area (Å²) in [7, 11) is 3.65. The number of likely N-dealkylation sites (tertiary alicyclic amines) is 1. The zero-order chi connectivity index (χ0) is 14.0. The highest BCUT2D eigenvalue weighted by atomic mass is 16.4. The van der Waals surface area contributed by atoms with Crippen LogP contribution in [-0.2, 0) is 4.79 Å². The molecule has 1 aliphatic rings. The summed E-state index contributed by atoms with van der Waals surface area (Å²) in [5.74, 6) is -0.0640. The molecule has 1 aromatic rings. The molecule has 19 heavy (non-hydrogen) atoms. The number of carboxylic acid groups (broad SMARTS) is 1. The van der Waals surface area contributed by atoms with Crippen molar-refractivity contribution >= 4 is 17.7 Å². The van der Waals surface area contributed by atoms with Gasteiger partial charge in [0.15, 0.2) is 11.5 Å². The molecule has 0 aromatic carbocycles. The maximum atomic E-state index is 11.4. The van der Waals surface area contributed by atoms with E-state index < -0.39 is 5.97 Å². The number of rotatable bonds is 4. The number of carbonyl (C=O) groups excluding carboxylic acids is 1. The van der Waals surface area contributed by atoms with Gasteiger partial charge < -0.3 is 14.9 Å². The molecule has 2 rings (SSSR count). The Hall–Kier alpha value is -2.18. The van der Waals surface area contributed by atoms with Crippen molar-refractivity contribution in [1.29, 1.82) is 0 Å². The van der Waals surface area contributed by atoms with E-state index in [2.05, 4.69) is 10.2 Å². The summed E-state index contributed by atoms with van der Waals surface area (Å²) < 4.78 is 0. The SMILES string of the molecule is CN1CC(CN(C)c2ccc(C(=O)O)nn2)CC1=O. The number of hydrogen-bond acceptors (Lipinski definition) is 5. The van der Waals surface area contributed by atoms with Gasteiger partial charge in [-0.1, -0.05) is 0 Å². The van der Waals surface area contributed by atoms with Crippen LogP contribution in [0.3, 0.4) is 0 Å². The standard InChI is InChI=1S/C12H16N4O3/c1-15(6-8-5-11(17)16(2)7-8)10-4-3-9(12(18)19)13-14-10/h3-4,8H,5-7H2,1-2H3,(H,18,19). The van der Waals surface area contributed by atoms with E-state index in [-0.39, 0.29) is 17.5 Å². The Morgan fingerprint density at radius 1 is 1.53 bits per heavy atom. The van der Waals surface area contributed by atoms with Gasteiger partial charge in [-0.2, -0.15) is 0 Å². The number of nitrogens with zero attached hydrogens (tertiary/aromatic N) is 4. The Labute approximate surface area is 110 Å². The second-order valence-corrected chi connectivity index (χ2v) is 4.81. The molecule has 1 aliphatic heterocycles. The van der Waals surface area contributed by atoms with E-state index in [0.29, 0.717) is 18.8 Å². The lowest BCUT2D eigenvalue weighted by Gasteiger charge is -2.21. The first kappa shape index (κ1) is 13.3. The summed E-state index contributed by atoms with van der Waals surface area (Å²) in [6.45, 7) is 1.43. The zero-order valence-corrected chi connectivity index (χ0v) is 10.9. The van der Waals surface area contributed by atoms with Gasteiger partial charge in [-0.25, -0.2) is 4.79 Å². The van der Waals surface area contributed by atoms with Gasteiger partial charge in [-0.15, -0.1) is 10.2 Å². The van der Waals surface area contributed by atoms with E-state index in [1.165, 1.54) is 6.07 Å². The van der Waals surface area contributed by atoms with Crippen LogP contribution in [0, 0.1) is 5.92 Å². The second kappa shape index (κ2) is 5.21. The van der Waals surface area contributed by atoms with Crippen molar-refractivity contribution < 1.29 is 14.7 Å². The highest BCUT2D eigenvalue weighted by Crippen LogP contribution is 2.19. The van der Waals surface area contributed by atoms with Gasteiger partial charge in [-0.3, -0.25) is 4.79 Å². The topological polar surface area (TPSA) is 86.6 Å². The maximum Gasteiger partial charge on any atom is 0.356 e. The van der Waals surface area contributed by atoms with Crippen LogP contribution in [0.25, 0.3) is 0 Å². The number of aromatic carboxylic acids is 1.